The predicted octanol–water partition coefficient (Wildman–Crippen LogP) is 5.46. The van der Waals surface area contributed by atoms with Crippen LogP contribution in [0, 0.1) is 5.92 Å². The molecule has 8 heteroatoms. The number of aromatic nitrogens is 2. The van der Waals surface area contributed by atoms with Gasteiger partial charge in [0.05, 0.1) is 0 Å². The Morgan fingerprint density at radius 2 is 1.67 bits per heavy atom. The largest absolute Gasteiger partial charge is 0.343 e. The SMILES string of the molecule is CC(=O)N(C)C1CCC(CC(=O)Nc2cc(-c3ccccc3)c(-c3ccc([C@]4(N)C[C@H](F)C4)cc3)nn2)CC1. The van der Waals surface area contributed by atoms with E-state index >= 15 is 0 Å². The second-order valence-electron chi connectivity index (χ2n) is 11.2. The number of rotatable bonds is 7. The number of nitrogens with one attached hydrogen (secondary N) is 1. The predicted molar refractivity (Wildman–Crippen MR) is 150 cm³/mol. The van der Waals surface area contributed by atoms with Crippen LogP contribution in [0.1, 0.15) is 57.4 Å². The molecule has 39 heavy (non-hydrogen) atoms. The van der Waals surface area contributed by atoms with Gasteiger partial charge in [0, 0.05) is 55.9 Å². The van der Waals surface area contributed by atoms with Crippen molar-refractivity contribution in [3.63, 3.8) is 0 Å². The fourth-order valence-electron chi connectivity index (χ4n) is 5.88. The van der Waals surface area contributed by atoms with Crippen LogP contribution in [-0.2, 0) is 15.1 Å². The highest BCUT2D eigenvalue weighted by atomic mass is 19.1. The number of amides is 2. The van der Waals surface area contributed by atoms with Crippen molar-refractivity contribution in [2.75, 3.05) is 12.4 Å². The molecule has 2 aromatic carbocycles. The molecule has 204 valence electrons. The Morgan fingerprint density at radius 1 is 1.00 bits per heavy atom. The minimum absolute atomic E-state index is 0.0799. The van der Waals surface area contributed by atoms with Crippen molar-refractivity contribution in [2.24, 2.45) is 11.7 Å². The van der Waals surface area contributed by atoms with Crippen LogP contribution in [0.15, 0.2) is 60.7 Å². The molecule has 0 spiro atoms. The average molecular weight is 530 g/mol. The van der Waals surface area contributed by atoms with Gasteiger partial charge in [-0.1, -0.05) is 54.6 Å². The number of nitrogens with two attached hydrogens (primary N) is 1. The van der Waals surface area contributed by atoms with Crippen LogP contribution in [0.3, 0.4) is 0 Å². The molecule has 3 N–H and O–H groups in total. The van der Waals surface area contributed by atoms with Gasteiger partial charge in [-0.15, -0.1) is 10.2 Å². The molecule has 2 aliphatic rings. The Balaban J connectivity index is 1.30. The third-order valence-corrected chi connectivity index (χ3v) is 8.39. The fraction of sp³-hybridized carbons (Fsp3) is 0.419. The first-order valence-corrected chi connectivity index (χ1v) is 13.7. The van der Waals surface area contributed by atoms with Crippen molar-refractivity contribution in [1.29, 1.82) is 0 Å². The highest BCUT2D eigenvalue weighted by Crippen LogP contribution is 2.41. The molecule has 0 radical (unpaired) electrons. The molecule has 0 unspecified atom stereocenters. The van der Waals surface area contributed by atoms with Crippen molar-refractivity contribution in [1.82, 2.24) is 15.1 Å². The molecule has 0 bridgehead atoms. The van der Waals surface area contributed by atoms with Gasteiger partial charge in [0.15, 0.2) is 5.82 Å². The van der Waals surface area contributed by atoms with E-state index in [0.29, 0.717) is 30.8 Å². The van der Waals surface area contributed by atoms with Crippen molar-refractivity contribution in [2.45, 2.75) is 69.6 Å². The number of nitrogens with zero attached hydrogens (tertiary/aromatic N) is 3. The van der Waals surface area contributed by atoms with Crippen LogP contribution in [-0.4, -0.2) is 46.2 Å². The summed E-state index contributed by atoms with van der Waals surface area (Å²) in [6, 6.07) is 19.8. The quantitative estimate of drug-likeness (QED) is 0.423. The molecule has 1 aromatic heterocycles. The van der Waals surface area contributed by atoms with Crippen LogP contribution in [0.2, 0.25) is 0 Å². The monoisotopic (exact) mass is 529 g/mol. The van der Waals surface area contributed by atoms with E-state index in [9.17, 15) is 14.0 Å². The van der Waals surface area contributed by atoms with E-state index in [2.05, 4.69) is 15.5 Å². The number of carbonyl (C=O) groups is 2. The Morgan fingerprint density at radius 3 is 2.28 bits per heavy atom. The van der Waals surface area contributed by atoms with Crippen LogP contribution >= 0.6 is 0 Å². The van der Waals surface area contributed by atoms with Gasteiger partial charge in [0.1, 0.15) is 11.9 Å². The molecule has 7 nitrogen and oxygen atoms in total. The summed E-state index contributed by atoms with van der Waals surface area (Å²) in [5.41, 5.74) is 10.1. The van der Waals surface area contributed by atoms with Crippen molar-refractivity contribution < 1.29 is 14.0 Å². The first-order chi connectivity index (χ1) is 18.7. The number of halogens is 1. The molecule has 2 amide bonds. The molecular formula is C31H36FN5O2. The van der Waals surface area contributed by atoms with Crippen LogP contribution in [0.25, 0.3) is 22.4 Å². The first-order valence-electron chi connectivity index (χ1n) is 13.7. The van der Waals surface area contributed by atoms with E-state index in [1.54, 1.807) is 6.92 Å². The summed E-state index contributed by atoms with van der Waals surface area (Å²) < 4.78 is 13.5. The third kappa shape index (κ3) is 6.01. The summed E-state index contributed by atoms with van der Waals surface area (Å²) in [7, 11) is 1.85. The summed E-state index contributed by atoms with van der Waals surface area (Å²) in [6.45, 7) is 1.59. The number of hydrogen-bond donors (Lipinski definition) is 2. The number of hydrogen-bond acceptors (Lipinski definition) is 5. The van der Waals surface area contributed by atoms with Gasteiger partial charge >= 0.3 is 0 Å². The third-order valence-electron chi connectivity index (χ3n) is 8.39. The lowest BCUT2D eigenvalue weighted by Crippen LogP contribution is -2.50. The normalized spacial score (nSPS) is 24.5. The summed E-state index contributed by atoms with van der Waals surface area (Å²) in [5.74, 6) is 0.701. The number of alkyl halides is 1. The van der Waals surface area contributed by atoms with E-state index < -0.39 is 11.7 Å². The molecule has 0 aliphatic heterocycles. The minimum atomic E-state index is -0.837. The number of carbonyl (C=O) groups excluding carboxylic acids is 2. The van der Waals surface area contributed by atoms with Crippen molar-refractivity contribution in [3.8, 4) is 22.4 Å². The van der Waals surface area contributed by atoms with Crippen molar-refractivity contribution >= 4 is 17.6 Å². The van der Waals surface area contributed by atoms with Crippen LogP contribution in [0.5, 0.6) is 0 Å². The summed E-state index contributed by atoms with van der Waals surface area (Å²) in [6.07, 6.45) is 3.93. The van der Waals surface area contributed by atoms with Gasteiger partial charge in [0.2, 0.25) is 11.8 Å². The lowest BCUT2D eigenvalue weighted by molar-refractivity contribution is -0.130. The lowest BCUT2D eigenvalue weighted by Gasteiger charge is -2.41. The molecule has 1 heterocycles. The standard InChI is InChI=1S/C31H36FN5O2/c1-20(38)37(2)26-14-8-21(9-15-26)16-29(39)34-28-17-27(22-6-4-3-5-7-22)30(36-35-28)23-10-12-24(13-11-23)31(33)18-25(32)19-31/h3-7,10-13,17,21,25-26H,8-9,14-16,18-19,33H2,1-2H3,(H,34,35,39)/t21?,25-,26?,31-. The highest BCUT2D eigenvalue weighted by molar-refractivity contribution is 5.91. The van der Waals surface area contributed by atoms with Crippen molar-refractivity contribution in [3.05, 3.63) is 66.2 Å². The zero-order chi connectivity index (χ0) is 27.6. The summed E-state index contributed by atoms with van der Waals surface area (Å²) in [4.78, 5) is 26.4. The molecule has 2 aliphatic carbocycles. The number of anilines is 1. The smallest absolute Gasteiger partial charge is 0.225 e. The summed E-state index contributed by atoms with van der Waals surface area (Å²) in [5, 5.41) is 11.8. The van der Waals surface area contributed by atoms with Gasteiger partial charge in [0.25, 0.3) is 0 Å². The summed E-state index contributed by atoms with van der Waals surface area (Å²) >= 11 is 0. The van der Waals surface area contributed by atoms with Gasteiger partial charge in [-0.25, -0.2) is 4.39 Å². The molecule has 0 atom stereocenters. The van der Waals surface area contributed by atoms with E-state index in [-0.39, 0.29) is 23.8 Å². The van der Waals surface area contributed by atoms with E-state index in [1.807, 2.05) is 72.6 Å². The lowest BCUT2D eigenvalue weighted by atomic mass is 9.71. The van der Waals surface area contributed by atoms with E-state index in [0.717, 1.165) is 47.9 Å². The van der Waals surface area contributed by atoms with Gasteiger partial charge < -0.3 is 16.0 Å². The maximum atomic E-state index is 13.5. The Bertz CT molecular complexity index is 1320. The van der Waals surface area contributed by atoms with Gasteiger partial charge in [-0.3, -0.25) is 9.59 Å². The van der Waals surface area contributed by atoms with E-state index in [4.69, 9.17) is 5.73 Å². The Labute approximate surface area is 229 Å². The van der Waals surface area contributed by atoms with Crippen LogP contribution < -0.4 is 11.1 Å². The molecule has 0 saturated heterocycles. The Hall–Kier alpha value is -3.65. The fourth-order valence-corrected chi connectivity index (χ4v) is 5.88. The Kier molecular flexibility index (Phi) is 7.75. The topological polar surface area (TPSA) is 101 Å². The minimum Gasteiger partial charge on any atom is -0.343 e. The zero-order valence-corrected chi connectivity index (χ0v) is 22.6. The number of benzene rings is 2. The van der Waals surface area contributed by atoms with Gasteiger partial charge in [-0.05, 0) is 48.8 Å². The second kappa shape index (κ2) is 11.2. The molecular weight excluding hydrogens is 493 g/mol. The first kappa shape index (κ1) is 26.9. The highest BCUT2D eigenvalue weighted by Gasteiger charge is 2.42. The van der Waals surface area contributed by atoms with Crippen LogP contribution in [0.4, 0.5) is 10.2 Å². The molecule has 2 fully saturated rings. The zero-order valence-electron chi connectivity index (χ0n) is 22.6. The maximum absolute atomic E-state index is 13.5. The molecule has 3 aromatic rings. The van der Waals surface area contributed by atoms with Gasteiger partial charge in [-0.2, -0.15) is 0 Å². The molecule has 2 saturated carbocycles. The van der Waals surface area contributed by atoms with E-state index in [1.165, 1.54) is 0 Å². The maximum Gasteiger partial charge on any atom is 0.225 e. The molecule has 5 rings (SSSR count). The second-order valence-corrected chi connectivity index (χ2v) is 11.2. The average Bonchev–Trinajstić information content (AvgIpc) is 2.93.